The Labute approximate surface area is 112 Å². The Bertz CT molecular complexity index is 432. The third-order valence-electron chi connectivity index (χ3n) is 4.35. The summed E-state index contributed by atoms with van der Waals surface area (Å²) in [6.45, 7) is 0.987. The number of hydrogen-bond acceptors (Lipinski definition) is 5. The van der Waals surface area contributed by atoms with Crippen molar-refractivity contribution >= 4 is 23.5 Å². The molecule has 5 nitrogen and oxygen atoms in total. The Morgan fingerprint density at radius 2 is 2.11 bits per heavy atom. The van der Waals surface area contributed by atoms with Crippen LogP contribution in [0.1, 0.15) is 25.7 Å². The number of rotatable bonds is 3. The fraction of sp³-hybridized carbons (Fsp3) is 0.750. The van der Waals surface area contributed by atoms with E-state index in [4.69, 9.17) is 17.3 Å². The molecule has 0 saturated heterocycles. The molecule has 0 aliphatic heterocycles. The Hall–Kier alpha value is -1.10. The Morgan fingerprint density at radius 3 is 2.72 bits per heavy atom. The van der Waals surface area contributed by atoms with E-state index in [1.807, 2.05) is 7.05 Å². The monoisotopic (exact) mass is 267 g/mol. The minimum absolute atomic E-state index is 0.164. The van der Waals surface area contributed by atoms with Crippen molar-refractivity contribution in [3.05, 3.63) is 5.28 Å². The molecule has 2 aliphatic carbocycles. The molecule has 2 saturated carbocycles. The van der Waals surface area contributed by atoms with Crippen LogP contribution in [0.4, 0.5) is 11.9 Å². The van der Waals surface area contributed by atoms with Crippen molar-refractivity contribution in [1.29, 1.82) is 0 Å². The van der Waals surface area contributed by atoms with E-state index in [2.05, 4.69) is 19.9 Å². The van der Waals surface area contributed by atoms with Gasteiger partial charge >= 0.3 is 0 Å². The molecular formula is C12H18ClN5. The van der Waals surface area contributed by atoms with Crippen LogP contribution in [0.15, 0.2) is 0 Å². The van der Waals surface area contributed by atoms with E-state index >= 15 is 0 Å². The SMILES string of the molecule is CN(CC1CC2CCC1C2)c1nc(N)nc(Cl)n1. The zero-order chi connectivity index (χ0) is 12.7. The van der Waals surface area contributed by atoms with Gasteiger partial charge < -0.3 is 10.6 Å². The van der Waals surface area contributed by atoms with Crippen LogP contribution in [0.5, 0.6) is 0 Å². The van der Waals surface area contributed by atoms with Crippen molar-refractivity contribution in [2.45, 2.75) is 25.7 Å². The second kappa shape index (κ2) is 4.53. The number of nitrogen functional groups attached to an aromatic ring is 1. The van der Waals surface area contributed by atoms with Gasteiger partial charge in [0.1, 0.15) is 0 Å². The largest absolute Gasteiger partial charge is 0.368 e. The summed E-state index contributed by atoms with van der Waals surface area (Å²) in [7, 11) is 2.00. The molecule has 2 bridgehead atoms. The van der Waals surface area contributed by atoms with E-state index in [9.17, 15) is 0 Å². The summed E-state index contributed by atoms with van der Waals surface area (Å²) < 4.78 is 0. The van der Waals surface area contributed by atoms with Gasteiger partial charge in [0.25, 0.3) is 0 Å². The lowest BCUT2D eigenvalue weighted by Crippen LogP contribution is -2.30. The first-order valence-electron chi connectivity index (χ1n) is 6.50. The van der Waals surface area contributed by atoms with Gasteiger partial charge in [0, 0.05) is 13.6 Å². The molecule has 1 aromatic rings. The molecule has 2 N–H and O–H groups in total. The van der Waals surface area contributed by atoms with Gasteiger partial charge in [-0.1, -0.05) is 6.42 Å². The van der Waals surface area contributed by atoms with Crippen LogP contribution in [0, 0.1) is 17.8 Å². The van der Waals surface area contributed by atoms with Crippen molar-refractivity contribution < 1.29 is 0 Å². The molecule has 6 heteroatoms. The number of nitrogens with two attached hydrogens (primary N) is 1. The van der Waals surface area contributed by atoms with Crippen LogP contribution in [-0.4, -0.2) is 28.5 Å². The summed E-state index contributed by atoms with van der Waals surface area (Å²) in [6.07, 6.45) is 5.58. The molecule has 3 rings (SSSR count). The lowest BCUT2D eigenvalue weighted by Gasteiger charge is -2.27. The van der Waals surface area contributed by atoms with Crippen molar-refractivity contribution in [2.24, 2.45) is 17.8 Å². The van der Waals surface area contributed by atoms with Crippen LogP contribution in [0.2, 0.25) is 5.28 Å². The lowest BCUT2D eigenvalue weighted by atomic mass is 9.88. The smallest absolute Gasteiger partial charge is 0.231 e. The Kier molecular flexibility index (Phi) is 3.01. The summed E-state index contributed by atoms with van der Waals surface area (Å²) in [4.78, 5) is 14.1. The summed E-state index contributed by atoms with van der Waals surface area (Å²) in [5, 5.41) is 0.164. The van der Waals surface area contributed by atoms with Gasteiger partial charge in [0.2, 0.25) is 17.2 Å². The summed E-state index contributed by atoms with van der Waals surface area (Å²) in [5.74, 6) is 3.39. The van der Waals surface area contributed by atoms with Crippen molar-refractivity contribution in [3.8, 4) is 0 Å². The maximum atomic E-state index is 5.80. The maximum Gasteiger partial charge on any atom is 0.231 e. The molecule has 0 spiro atoms. The van der Waals surface area contributed by atoms with Gasteiger partial charge in [-0.25, -0.2) is 0 Å². The minimum atomic E-state index is 0.164. The highest BCUT2D eigenvalue weighted by Crippen LogP contribution is 2.48. The van der Waals surface area contributed by atoms with Crippen molar-refractivity contribution in [3.63, 3.8) is 0 Å². The van der Waals surface area contributed by atoms with E-state index in [-0.39, 0.29) is 11.2 Å². The molecule has 1 aromatic heterocycles. The van der Waals surface area contributed by atoms with Crippen LogP contribution >= 0.6 is 11.6 Å². The highest BCUT2D eigenvalue weighted by atomic mass is 35.5. The standard InChI is InChI=1S/C12H18ClN5/c1-18(12-16-10(13)15-11(14)17-12)6-9-5-7-2-3-8(9)4-7/h7-9H,2-6H2,1H3,(H2,14,15,16,17). The topological polar surface area (TPSA) is 67.9 Å². The van der Waals surface area contributed by atoms with Crippen LogP contribution < -0.4 is 10.6 Å². The Balaban J connectivity index is 1.69. The first-order valence-corrected chi connectivity index (χ1v) is 6.88. The average Bonchev–Trinajstić information content (AvgIpc) is 2.89. The third kappa shape index (κ3) is 2.23. The molecular weight excluding hydrogens is 250 g/mol. The minimum Gasteiger partial charge on any atom is -0.368 e. The zero-order valence-electron chi connectivity index (χ0n) is 10.5. The highest BCUT2D eigenvalue weighted by Gasteiger charge is 2.39. The summed E-state index contributed by atoms with van der Waals surface area (Å²) >= 11 is 5.80. The van der Waals surface area contributed by atoms with Gasteiger partial charge in [0.05, 0.1) is 0 Å². The van der Waals surface area contributed by atoms with Gasteiger partial charge in [-0.05, 0) is 48.6 Å². The first kappa shape index (κ1) is 12.0. The van der Waals surface area contributed by atoms with E-state index < -0.39 is 0 Å². The second-order valence-corrected chi connectivity index (χ2v) is 5.92. The first-order chi connectivity index (χ1) is 8.61. The predicted octanol–water partition coefficient (Wildman–Crippen LogP) is 1.98. The van der Waals surface area contributed by atoms with E-state index in [0.29, 0.717) is 5.95 Å². The number of aromatic nitrogens is 3. The lowest BCUT2D eigenvalue weighted by molar-refractivity contribution is 0.336. The van der Waals surface area contributed by atoms with Gasteiger partial charge in [-0.3, -0.25) is 0 Å². The summed E-state index contributed by atoms with van der Waals surface area (Å²) in [6, 6.07) is 0. The van der Waals surface area contributed by atoms with E-state index in [1.54, 1.807) is 0 Å². The normalized spacial score (nSPS) is 29.8. The van der Waals surface area contributed by atoms with Crippen molar-refractivity contribution in [2.75, 3.05) is 24.2 Å². The maximum absolute atomic E-state index is 5.80. The van der Waals surface area contributed by atoms with Crippen LogP contribution in [-0.2, 0) is 0 Å². The third-order valence-corrected chi connectivity index (χ3v) is 4.52. The zero-order valence-corrected chi connectivity index (χ0v) is 11.3. The summed E-state index contributed by atoms with van der Waals surface area (Å²) in [5.41, 5.74) is 5.59. The van der Waals surface area contributed by atoms with E-state index in [1.165, 1.54) is 25.7 Å². The highest BCUT2D eigenvalue weighted by molar-refractivity contribution is 6.28. The van der Waals surface area contributed by atoms with Gasteiger partial charge in [-0.2, -0.15) is 15.0 Å². The van der Waals surface area contributed by atoms with Crippen molar-refractivity contribution in [1.82, 2.24) is 15.0 Å². The molecule has 98 valence electrons. The number of nitrogens with zero attached hydrogens (tertiary/aromatic N) is 4. The molecule has 0 aromatic carbocycles. The molecule has 3 atom stereocenters. The molecule has 0 amide bonds. The molecule has 3 unspecified atom stereocenters. The molecule has 2 aliphatic rings. The van der Waals surface area contributed by atoms with Gasteiger partial charge in [0.15, 0.2) is 0 Å². The molecule has 0 radical (unpaired) electrons. The van der Waals surface area contributed by atoms with Crippen LogP contribution in [0.3, 0.4) is 0 Å². The van der Waals surface area contributed by atoms with Gasteiger partial charge in [-0.15, -0.1) is 0 Å². The average molecular weight is 268 g/mol. The number of fused-ring (bicyclic) bond motifs is 2. The van der Waals surface area contributed by atoms with E-state index in [0.717, 1.165) is 24.3 Å². The molecule has 1 heterocycles. The number of anilines is 2. The number of halogens is 1. The quantitative estimate of drug-likeness (QED) is 0.907. The predicted molar refractivity (Wildman–Crippen MR) is 71.5 cm³/mol. The molecule has 2 fully saturated rings. The van der Waals surface area contributed by atoms with Crippen LogP contribution in [0.25, 0.3) is 0 Å². The Morgan fingerprint density at radius 1 is 1.28 bits per heavy atom. The fourth-order valence-corrected chi connectivity index (χ4v) is 3.72. The number of hydrogen-bond donors (Lipinski definition) is 1. The second-order valence-electron chi connectivity index (χ2n) is 5.58. The molecule has 18 heavy (non-hydrogen) atoms. The fourth-order valence-electron chi connectivity index (χ4n) is 3.56.